The molecule has 1 saturated carbocycles. The van der Waals surface area contributed by atoms with Crippen LogP contribution in [0.4, 0.5) is 30.6 Å². The van der Waals surface area contributed by atoms with Crippen LogP contribution in [0, 0.1) is 18.3 Å². The summed E-state index contributed by atoms with van der Waals surface area (Å²) in [7, 11) is 0. The Kier molecular flexibility index (Phi) is 8.09. The molecule has 2 unspecified atom stereocenters. The molecule has 6 nitrogen and oxygen atoms in total. The standard InChI is InChI=1S/C30H42F3N5OS/c1-19(2)37-10-8-29(9-11-37)14-23(15-29)40-22-6-7-25(21(4)12-22)35-27-34-16-24(30(31,32)33)26(36-27)38-17-20(3)13-28(5,39)18-38/h6-7,12,16,19-20,23,39H,8-11,13-15,17-18H2,1-5H3,(H,34,35,36). The van der Waals surface area contributed by atoms with Crippen LogP contribution in [-0.4, -0.2) is 63.0 Å². The first-order chi connectivity index (χ1) is 18.7. The number of β-amino-alcohol motifs (C(OH)–C–C–N with tert-alkyl or cyclic N) is 1. The van der Waals surface area contributed by atoms with Gasteiger partial charge in [0, 0.05) is 41.2 Å². The number of rotatable bonds is 6. The molecule has 1 aromatic heterocycles. The summed E-state index contributed by atoms with van der Waals surface area (Å²) in [6, 6.07) is 6.79. The molecule has 0 amide bonds. The van der Waals surface area contributed by atoms with Crippen molar-refractivity contribution in [3.8, 4) is 0 Å². The maximum atomic E-state index is 13.9. The van der Waals surface area contributed by atoms with Crippen LogP contribution < -0.4 is 10.2 Å². The number of aryl methyl sites for hydroxylation is 1. The number of anilines is 3. The number of likely N-dealkylation sites (tertiary alicyclic amines) is 1. The lowest BCUT2D eigenvalue weighted by Crippen LogP contribution is -2.50. The van der Waals surface area contributed by atoms with Crippen LogP contribution in [0.25, 0.3) is 0 Å². The van der Waals surface area contributed by atoms with Gasteiger partial charge in [-0.25, -0.2) is 4.98 Å². The van der Waals surface area contributed by atoms with E-state index in [1.165, 1.54) is 48.6 Å². The number of hydrogen-bond acceptors (Lipinski definition) is 7. The predicted molar refractivity (Wildman–Crippen MR) is 155 cm³/mol. The first-order valence-corrected chi connectivity index (χ1v) is 15.3. The van der Waals surface area contributed by atoms with Crippen molar-refractivity contribution in [2.24, 2.45) is 11.3 Å². The molecule has 1 aliphatic carbocycles. The summed E-state index contributed by atoms with van der Waals surface area (Å²) >= 11 is 1.93. The highest BCUT2D eigenvalue weighted by Gasteiger charge is 2.46. The normalized spacial score (nSPS) is 25.9. The van der Waals surface area contributed by atoms with Gasteiger partial charge in [-0.05, 0) is 108 Å². The fourth-order valence-electron chi connectivity index (χ4n) is 6.84. The second-order valence-electron chi connectivity index (χ2n) is 13.0. The van der Waals surface area contributed by atoms with Gasteiger partial charge in [0.1, 0.15) is 11.4 Å². The lowest BCUT2D eigenvalue weighted by molar-refractivity contribution is -0.137. The van der Waals surface area contributed by atoms with E-state index in [1.807, 2.05) is 31.7 Å². The van der Waals surface area contributed by atoms with Gasteiger partial charge in [0.05, 0.1) is 5.60 Å². The maximum absolute atomic E-state index is 13.9. The van der Waals surface area contributed by atoms with Crippen LogP contribution in [0.15, 0.2) is 29.3 Å². The zero-order chi connectivity index (χ0) is 28.9. The molecule has 0 bridgehead atoms. The van der Waals surface area contributed by atoms with Gasteiger partial charge in [-0.2, -0.15) is 18.2 Å². The van der Waals surface area contributed by atoms with E-state index in [0.29, 0.717) is 29.7 Å². The summed E-state index contributed by atoms with van der Waals surface area (Å²) in [5.74, 6) is -0.0558. The Balaban J connectivity index is 1.25. The van der Waals surface area contributed by atoms with E-state index >= 15 is 0 Å². The minimum absolute atomic E-state index is 0.0295. The number of aromatic nitrogens is 2. The number of piperidine rings is 2. The maximum Gasteiger partial charge on any atom is 0.421 e. The van der Waals surface area contributed by atoms with E-state index in [0.717, 1.165) is 17.4 Å². The van der Waals surface area contributed by atoms with Crippen LogP contribution in [0.2, 0.25) is 0 Å². The van der Waals surface area contributed by atoms with Crippen LogP contribution in [-0.2, 0) is 6.18 Å². The first-order valence-electron chi connectivity index (χ1n) is 14.4. The molecule has 2 atom stereocenters. The SMILES string of the molecule is Cc1cc(SC2CC3(CCN(C(C)C)CC3)C2)ccc1Nc1ncc(C(F)(F)F)c(N2CC(C)CC(C)(O)C2)n1. The molecule has 3 heterocycles. The number of halogens is 3. The Hall–Kier alpha value is -2.04. The molecule has 1 spiro atoms. The van der Waals surface area contributed by atoms with Gasteiger partial charge in [-0.1, -0.05) is 6.92 Å². The second-order valence-corrected chi connectivity index (χ2v) is 14.4. The molecule has 2 aromatic rings. The lowest BCUT2D eigenvalue weighted by Gasteiger charge is -2.52. The Morgan fingerprint density at radius 2 is 1.85 bits per heavy atom. The van der Waals surface area contributed by atoms with Crippen molar-refractivity contribution < 1.29 is 18.3 Å². The van der Waals surface area contributed by atoms with Crippen molar-refractivity contribution in [1.29, 1.82) is 0 Å². The van der Waals surface area contributed by atoms with E-state index in [2.05, 4.69) is 46.2 Å². The van der Waals surface area contributed by atoms with E-state index in [1.54, 1.807) is 6.92 Å². The quantitative estimate of drug-likeness (QED) is 0.388. The van der Waals surface area contributed by atoms with E-state index in [-0.39, 0.29) is 24.2 Å². The number of hydrogen-bond donors (Lipinski definition) is 2. The molecular formula is C30H42F3N5OS. The van der Waals surface area contributed by atoms with E-state index < -0.39 is 17.3 Å². The fraction of sp³-hybridized carbons (Fsp3) is 0.667. The molecule has 1 aromatic carbocycles. The van der Waals surface area contributed by atoms with Crippen molar-refractivity contribution in [2.75, 3.05) is 36.4 Å². The molecule has 220 valence electrons. The minimum atomic E-state index is -4.60. The lowest BCUT2D eigenvalue weighted by atomic mass is 9.63. The number of benzene rings is 1. The third-order valence-electron chi connectivity index (χ3n) is 8.88. The largest absolute Gasteiger partial charge is 0.421 e. The Morgan fingerprint density at radius 3 is 2.45 bits per heavy atom. The highest BCUT2D eigenvalue weighted by molar-refractivity contribution is 8.00. The van der Waals surface area contributed by atoms with Gasteiger partial charge >= 0.3 is 6.18 Å². The van der Waals surface area contributed by atoms with Crippen LogP contribution >= 0.6 is 11.8 Å². The third-order valence-corrected chi connectivity index (χ3v) is 10.1. The number of alkyl halides is 3. The number of nitrogens with zero attached hydrogens (tertiary/aromatic N) is 4. The molecule has 2 aliphatic heterocycles. The molecule has 10 heteroatoms. The smallest absolute Gasteiger partial charge is 0.388 e. The topological polar surface area (TPSA) is 64.5 Å². The summed E-state index contributed by atoms with van der Waals surface area (Å²) in [5.41, 5.74) is 0.300. The Bertz CT molecular complexity index is 1200. The van der Waals surface area contributed by atoms with E-state index in [9.17, 15) is 18.3 Å². The van der Waals surface area contributed by atoms with Crippen LogP contribution in [0.1, 0.15) is 70.9 Å². The molecule has 2 N–H and O–H groups in total. The molecular weight excluding hydrogens is 535 g/mol. The van der Waals surface area contributed by atoms with Crippen molar-refractivity contribution >= 4 is 29.2 Å². The van der Waals surface area contributed by atoms with Crippen molar-refractivity contribution in [3.05, 3.63) is 35.5 Å². The zero-order valence-corrected chi connectivity index (χ0v) is 25.0. The summed E-state index contributed by atoms with van der Waals surface area (Å²) in [4.78, 5) is 13.7. The predicted octanol–water partition coefficient (Wildman–Crippen LogP) is 6.89. The van der Waals surface area contributed by atoms with Crippen LogP contribution in [0.5, 0.6) is 0 Å². The van der Waals surface area contributed by atoms with Gasteiger partial charge in [-0.3, -0.25) is 0 Å². The minimum Gasteiger partial charge on any atom is -0.388 e. The first kappa shape index (κ1) is 29.5. The van der Waals surface area contributed by atoms with Crippen molar-refractivity contribution in [2.45, 2.75) is 94.7 Å². The zero-order valence-electron chi connectivity index (χ0n) is 24.2. The average Bonchev–Trinajstić information content (AvgIpc) is 2.83. The molecule has 5 rings (SSSR count). The highest BCUT2D eigenvalue weighted by Crippen LogP contribution is 2.55. The van der Waals surface area contributed by atoms with Crippen molar-refractivity contribution in [1.82, 2.24) is 14.9 Å². The summed E-state index contributed by atoms with van der Waals surface area (Å²) in [5, 5.41) is 14.4. The number of nitrogens with one attached hydrogen (secondary N) is 1. The Labute approximate surface area is 240 Å². The second kappa shape index (κ2) is 11.0. The summed E-state index contributed by atoms with van der Waals surface area (Å²) in [6.45, 7) is 13.0. The molecule has 2 saturated heterocycles. The number of aliphatic hydroxyl groups is 1. The number of thioether (sulfide) groups is 1. The fourth-order valence-corrected chi connectivity index (χ4v) is 8.49. The summed E-state index contributed by atoms with van der Waals surface area (Å²) in [6.07, 6.45) is 1.92. The van der Waals surface area contributed by atoms with E-state index in [4.69, 9.17) is 0 Å². The Morgan fingerprint density at radius 1 is 1.15 bits per heavy atom. The average molecular weight is 578 g/mol. The van der Waals surface area contributed by atoms with Crippen molar-refractivity contribution in [3.63, 3.8) is 0 Å². The van der Waals surface area contributed by atoms with Gasteiger partial charge in [0.2, 0.25) is 5.95 Å². The van der Waals surface area contributed by atoms with Gasteiger partial charge in [0.25, 0.3) is 0 Å². The van der Waals surface area contributed by atoms with Gasteiger partial charge < -0.3 is 20.2 Å². The third kappa shape index (κ3) is 6.54. The highest BCUT2D eigenvalue weighted by atomic mass is 32.2. The summed E-state index contributed by atoms with van der Waals surface area (Å²) < 4.78 is 41.6. The molecule has 40 heavy (non-hydrogen) atoms. The van der Waals surface area contributed by atoms with Gasteiger partial charge in [-0.15, -0.1) is 11.8 Å². The molecule has 3 fully saturated rings. The molecule has 3 aliphatic rings. The molecule has 0 radical (unpaired) electrons. The monoisotopic (exact) mass is 577 g/mol. The van der Waals surface area contributed by atoms with Gasteiger partial charge in [0.15, 0.2) is 0 Å². The van der Waals surface area contributed by atoms with Crippen LogP contribution in [0.3, 0.4) is 0 Å².